The third-order valence-corrected chi connectivity index (χ3v) is 3.38. The highest BCUT2D eigenvalue weighted by molar-refractivity contribution is 4.82. The molecule has 3 atom stereocenters. The minimum absolute atomic E-state index is 0.557. The Balaban J connectivity index is 2.34. The summed E-state index contributed by atoms with van der Waals surface area (Å²) in [6.07, 6.45) is 6.69. The second-order valence-corrected chi connectivity index (χ2v) is 4.03. The van der Waals surface area contributed by atoms with Crippen LogP contribution in [0.15, 0.2) is 0 Å². The second kappa shape index (κ2) is 4.83. The van der Waals surface area contributed by atoms with Gasteiger partial charge in [-0.1, -0.05) is 26.7 Å². The molecule has 0 aromatic rings. The highest BCUT2D eigenvalue weighted by Crippen LogP contribution is 2.35. The summed E-state index contributed by atoms with van der Waals surface area (Å²) < 4.78 is 0. The minimum Gasteiger partial charge on any atom is -0.271 e. The molecule has 1 aliphatic carbocycles. The molecule has 2 nitrogen and oxygen atoms in total. The number of nitrogens with two attached hydrogens (primary N) is 1. The summed E-state index contributed by atoms with van der Waals surface area (Å²) in [7, 11) is 0. The van der Waals surface area contributed by atoms with Gasteiger partial charge in [0.25, 0.3) is 0 Å². The Morgan fingerprint density at radius 1 is 1.42 bits per heavy atom. The molecule has 0 aromatic carbocycles. The highest BCUT2D eigenvalue weighted by Gasteiger charge is 2.28. The van der Waals surface area contributed by atoms with Gasteiger partial charge in [0.05, 0.1) is 0 Å². The molecule has 0 radical (unpaired) electrons. The third-order valence-electron chi connectivity index (χ3n) is 3.38. The average molecular weight is 170 g/mol. The van der Waals surface area contributed by atoms with Crippen LogP contribution in [0, 0.1) is 11.8 Å². The van der Waals surface area contributed by atoms with E-state index in [1.165, 1.54) is 25.7 Å². The second-order valence-electron chi connectivity index (χ2n) is 4.03. The van der Waals surface area contributed by atoms with Crippen molar-refractivity contribution in [3.05, 3.63) is 0 Å². The van der Waals surface area contributed by atoms with E-state index in [1.54, 1.807) is 0 Å². The summed E-state index contributed by atoms with van der Waals surface area (Å²) in [6, 6.07) is 0.557. The summed E-state index contributed by atoms with van der Waals surface area (Å²) in [5.41, 5.74) is 2.94. The molecule has 1 fully saturated rings. The van der Waals surface area contributed by atoms with Gasteiger partial charge in [0.2, 0.25) is 0 Å². The van der Waals surface area contributed by atoms with E-state index < -0.39 is 0 Å². The van der Waals surface area contributed by atoms with Gasteiger partial charge in [-0.05, 0) is 31.1 Å². The average Bonchev–Trinajstić information content (AvgIpc) is 2.55. The smallest absolute Gasteiger partial charge is 0.0236 e. The van der Waals surface area contributed by atoms with Crippen molar-refractivity contribution in [2.45, 2.75) is 52.0 Å². The van der Waals surface area contributed by atoms with Crippen molar-refractivity contribution in [1.82, 2.24) is 5.43 Å². The van der Waals surface area contributed by atoms with Gasteiger partial charge >= 0.3 is 0 Å². The van der Waals surface area contributed by atoms with Crippen molar-refractivity contribution >= 4 is 0 Å². The van der Waals surface area contributed by atoms with E-state index in [0.29, 0.717) is 6.04 Å². The zero-order chi connectivity index (χ0) is 8.97. The van der Waals surface area contributed by atoms with Crippen LogP contribution in [0.2, 0.25) is 0 Å². The molecule has 0 spiro atoms. The molecule has 0 bridgehead atoms. The number of hydrogen-bond donors (Lipinski definition) is 2. The topological polar surface area (TPSA) is 38.0 Å². The van der Waals surface area contributed by atoms with Crippen LogP contribution in [0.1, 0.15) is 46.0 Å². The van der Waals surface area contributed by atoms with Gasteiger partial charge in [0, 0.05) is 6.04 Å². The number of hydrazine groups is 1. The van der Waals surface area contributed by atoms with E-state index >= 15 is 0 Å². The Labute approximate surface area is 75.9 Å². The number of nitrogens with one attached hydrogen (secondary N) is 1. The molecule has 1 aliphatic rings. The summed E-state index contributed by atoms with van der Waals surface area (Å²) in [5.74, 6) is 7.31. The van der Waals surface area contributed by atoms with E-state index in [9.17, 15) is 0 Å². The Hall–Kier alpha value is -0.0800. The van der Waals surface area contributed by atoms with Crippen molar-refractivity contribution in [3.63, 3.8) is 0 Å². The molecule has 1 saturated carbocycles. The maximum Gasteiger partial charge on any atom is 0.0236 e. The normalized spacial score (nSPS) is 32.2. The molecule has 0 aliphatic heterocycles. The molecule has 1 rings (SSSR count). The van der Waals surface area contributed by atoms with E-state index in [1.807, 2.05) is 0 Å². The summed E-state index contributed by atoms with van der Waals surface area (Å²) in [4.78, 5) is 0. The minimum atomic E-state index is 0.557. The summed E-state index contributed by atoms with van der Waals surface area (Å²) in [5, 5.41) is 0. The van der Waals surface area contributed by atoms with E-state index in [0.717, 1.165) is 18.3 Å². The Bertz CT molecular complexity index is 121. The first kappa shape index (κ1) is 10.0. The lowest BCUT2D eigenvalue weighted by molar-refractivity contribution is 0.342. The molecular formula is C10H22N2. The largest absolute Gasteiger partial charge is 0.271 e. The maximum atomic E-state index is 5.50. The first-order valence-corrected chi connectivity index (χ1v) is 5.27. The molecule has 72 valence electrons. The lowest BCUT2D eigenvalue weighted by atomic mass is 9.95. The van der Waals surface area contributed by atoms with Crippen LogP contribution < -0.4 is 11.3 Å². The number of rotatable bonds is 4. The molecular weight excluding hydrogens is 148 g/mol. The SMILES string of the molecule is CCC1CCC(C(CC)NN)C1. The van der Waals surface area contributed by atoms with Gasteiger partial charge in [-0.25, -0.2) is 0 Å². The first-order valence-electron chi connectivity index (χ1n) is 5.27. The lowest BCUT2D eigenvalue weighted by Gasteiger charge is -2.21. The van der Waals surface area contributed by atoms with E-state index in [2.05, 4.69) is 19.3 Å². The molecule has 0 saturated heterocycles. The quantitative estimate of drug-likeness (QED) is 0.500. The van der Waals surface area contributed by atoms with Crippen LogP contribution in [0.3, 0.4) is 0 Å². The zero-order valence-corrected chi connectivity index (χ0v) is 8.34. The Kier molecular flexibility index (Phi) is 4.02. The Morgan fingerprint density at radius 3 is 2.58 bits per heavy atom. The molecule has 3 N–H and O–H groups in total. The van der Waals surface area contributed by atoms with Crippen molar-refractivity contribution < 1.29 is 0 Å². The van der Waals surface area contributed by atoms with Crippen molar-refractivity contribution in [2.24, 2.45) is 17.7 Å². The monoisotopic (exact) mass is 170 g/mol. The van der Waals surface area contributed by atoms with Gasteiger partial charge < -0.3 is 0 Å². The number of hydrogen-bond acceptors (Lipinski definition) is 2. The summed E-state index contributed by atoms with van der Waals surface area (Å²) in [6.45, 7) is 4.51. The molecule has 0 amide bonds. The van der Waals surface area contributed by atoms with Crippen LogP contribution in [0.25, 0.3) is 0 Å². The van der Waals surface area contributed by atoms with Gasteiger partial charge in [-0.3, -0.25) is 11.3 Å². The van der Waals surface area contributed by atoms with Crippen molar-refractivity contribution in [1.29, 1.82) is 0 Å². The molecule has 0 heterocycles. The van der Waals surface area contributed by atoms with Crippen LogP contribution in [0.4, 0.5) is 0 Å². The molecule has 12 heavy (non-hydrogen) atoms. The van der Waals surface area contributed by atoms with Gasteiger partial charge in [-0.15, -0.1) is 0 Å². The fourth-order valence-corrected chi connectivity index (χ4v) is 2.44. The van der Waals surface area contributed by atoms with Crippen molar-refractivity contribution in [3.8, 4) is 0 Å². The fraction of sp³-hybridized carbons (Fsp3) is 1.00. The van der Waals surface area contributed by atoms with E-state index in [4.69, 9.17) is 5.84 Å². The fourth-order valence-electron chi connectivity index (χ4n) is 2.44. The van der Waals surface area contributed by atoms with Crippen LogP contribution in [-0.2, 0) is 0 Å². The lowest BCUT2D eigenvalue weighted by Crippen LogP contribution is -2.39. The van der Waals surface area contributed by atoms with Gasteiger partial charge in [-0.2, -0.15) is 0 Å². The first-order chi connectivity index (χ1) is 5.81. The standard InChI is InChI=1S/C10H22N2/c1-3-8-5-6-9(7-8)10(4-2)12-11/h8-10,12H,3-7,11H2,1-2H3. The third kappa shape index (κ3) is 2.20. The molecule has 3 unspecified atom stereocenters. The predicted octanol–water partition coefficient (Wildman–Crippen LogP) is 2.05. The van der Waals surface area contributed by atoms with Crippen LogP contribution in [-0.4, -0.2) is 6.04 Å². The predicted molar refractivity (Wildman–Crippen MR) is 52.5 cm³/mol. The van der Waals surface area contributed by atoms with Gasteiger partial charge in [0.15, 0.2) is 0 Å². The van der Waals surface area contributed by atoms with Gasteiger partial charge in [0.1, 0.15) is 0 Å². The maximum absolute atomic E-state index is 5.50. The molecule has 2 heteroatoms. The zero-order valence-electron chi connectivity index (χ0n) is 8.34. The van der Waals surface area contributed by atoms with Crippen LogP contribution >= 0.6 is 0 Å². The van der Waals surface area contributed by atoms with Crippen molar-refractivity contribution in [2.75, 3.05) is 0 Å². The highest BCUT2D eigenvalue weighted by atomic mass is 15.2. The van der Waals surface area contributed by atoms with Crippen LogP contribution in [0.5, 0.6) is 0 Å². The van der Waals surface area contributed by atoms with E-state index in [-0.39, 0.29) is 0 Å². The molecule has 0 aromatic heterocycles. The Morgan fingerprint density at radius 2 is 2.17 bits per heavy atom. The summed E-state index contributed by atoms with van der Waals surface area (Å²) >= 11 is 0.